The smallest absolute Gasteiger partial charge is 0.271 e. The summed E-state index contributed by atoms with van der Waals surface area (Å²) in [4.78, 5) is 27.2. The Bertz CT molecular complexity index is 964. The number of amides is 1. The lowest BCUT2D eigenvalue weighted by Gasteiger charge is -2.37. The van der Waals surface area contributed by atoms with Gasteiger partial charge in [-0.25, -0.2) is 4.68 Å². The standard InChI is InChI=1S/C22H32N6O3/c1-15-13-17(24-26(15)2)22(31)23-14-16-7-5-6-12-27(16)20-10-11-21(30)28(25-20)18-8-3-4-9-19(18)29/h10-11,13,16,18-19,29H,3-9,12,14H2,1-2H3,(H,23,31). The van der Waals surface area contributed by atoms with Crippen LogP contribution in [0, 0.1) is 6.92 Å². The summed E-state index contributed by atoms with van der Waals surface area (Å²) >= 11 is 0. The Kier molecular flexibility index (Phi) is 6.41. The van der Waals surface area contributed by atoms with Crippen molar-refractivity contribution in [3.63, 3.8) is 0 Å². The molecule has 2 aromatic rings. The molecule has 2 aromatic heterocycles. The fourth-order valence-electron chi connectivity index (χ4n) is 4.67. The van der Waals surface area contributed by atoms with Crippen molar-refractivity contribution in [3.05, 3.63) is 39.9 Å². The van der Waals surface area contributed by atoms with Crippen LogP contribution in [0.5, 0.6) is 0 Å². The molecule has 1 saturated heterocycles. The number of rotatable bonds is 5. The first-order chi connectivity index (χ1) is 14.9. The van der Waals surface area contributed by atoms with Crippen molar-refractivity contribution in [1.29, 1.82) is 0 Å². The molecule has 2 N–H and O–H groups in total. The number of aryl methyl sites for hydroxylation is 2. The third kappa shape index (κ3) is 4.66. The third-order valence-corrected chi connectivity index (χ3v) is 6.59. The topological polar surface area (TPSA) is 105 Å². The summed E-state index contributed by atoms with van der Waals surface area (Å²) in [6, 6.07) is 4.91. The van der Waals surface area contributed by atoms with Gasteiger partial charge in [0.1, 0.15) is 11.5 Å². The zero-order valence-corrected chi connectivity index (χ0v) is 18.3. The first-order valence-corrected chi connectivity index (χ1v) is 11.3. The summed E-state index contributed by atoms with van der Waals surface area (Å²) in [6.45, 7) is 3.22. The van der Waals surface area contributed by atoms with E-state index in [4.69, 9.17) is 0 Å². The number of aliphatic hydroxyl groups is 1. The Morgan fingerprint density at radius 3 is 2.68 bits per heavy atom. The van der Waals surface area contributed by atoms with Gasteiger partial charge in [0, 0.05) is 37.9 Å². The minimum atomic E-state index is -0.535. The molecule has 3 heterocycles. The first-order valence-electron chi connectivity index (χ1n) is 11.3. The predicted octanol–water partition coefficient (Wildman–Crippen LogP) is 1.55. The Morgan fingerprint density at radius 2 is 1.94 bits per heavy atom. The van der Waals surface area contributed by atoms with E-state index in [1.807, 2.05) is 14.0 Å². The molecule has 1 aliphatic heterocycles. The summed E-state index contributed by atoms with van der Waals surface area (Å²) in [7, 11) is 1.82. The fourth-order valence-corrected chi connectivity index (χ4v) is 4.67. The van der Waals surface area contributed by atoms with E-state index in [-0.39, 0.29) is 23.6 Å². The lowest BCUT2D eigenvalue weighted by atomic mass is 9.93. The van der Waals surface area contributed by atoms with E-state index in [0.29, 0.717) is 18.7 Å². The average molecular weight is 429 g/mol. The number of anilines is 1. The summed E-state index contributed by atoms with van der Waals surface area (Å²) in [5.41, 5.74) is 1.17. The Morgan fingerprint density at radius 1 is 1.16 bits per heavy atom. The molecule has 2 aliphatic rings. The third-order valence-electron chi connectivity index (χ3n) is 6.59. The molecule has 168 valence electrons. The molecule has 0 aromatic carbocycles. The Hall–Kier alpha value is -2.68. The van der Waals surface area contributed by atoms with Crippen LogP contribution in [0.2, 0.25) is 0 Å². The largest absolute Gasteiger partial charge is 0.391 e. The number of carbonyl (C=O) groups excluding carboxylic acids is 1. The first kappa shape index (κ1) is 21.5. The fraction of sp³-hybridized carbons (Fsp3) is 0.636. The molecule has 31 heavy (non-hydrogen) atoms. The molecule has 1 aliphatic carbocycles. The number of nitrogens with one attached hydrogen (secondary N) is 1. The van der Waals surface area contributed by atoms with Gasteiger partial charge in [-0.05, 0) is 51.2 Å². The van der Waals surface area contributed by atoms with Crippen LogP contribution in [0.1, 0.15) is 67.2 Å². The summed E-state index contributed by atoms with van der Waals surface area (Å²) in [5.74, 6) is 0.544. The van der Waals surface area contributed by atoms with Gasteiger partial charge in [0.2, 0.25) is 0 Å². The van der Waals surface area contributed by atoms with Crippen LogP contribution in [0.25, 0.3) is 0 Å². The van der Waals surface area contributed by atoms with Crippen LogP contribution in [0.3, 0.4) is 0 Å². The number of hydrogen-bond acceptors (Lipinski definition) is 6. The lowest BCUT2D eigenvalue weighted by Crippen LogP contribution is -2.48. The maximum Gasteiger partial charge on any atom is 0.271 e. The number of hydrogen-bond donors (Lipinski definition) is 2. The van der Waals surface area contributed by atoms with Crippen LogP contribution in [-0.4, -0.2) is 55.8 Å². The normalized spacial score (nSPS) is 24.2. The van der Waals surface area contributed by atoms with Crippen molar-refractivity contribution in [2.75, 3.05) is 18.0 Å². The van der Waals surface area contributed by atoms with E-state index in [1.165, 1.54) is 4.68 Å². The van der Waals surface area contributed by atoms with Crippen LogP contribution in [0.4, 0.5) is 5.82 Å². The second kappa shape index (κ2) is 9.21. The molecule has 2 fully saturated rings. The minimum Gasteiger partial charge on any atom is -0.391 e. The van der Waals surface area contributed by atoms with Gasteiger partial charge in [0.25, 0.3) is 11.5 Å². The van der Waals surface area contributed by atoms with Crippen molar-refractivity contribution in [3.8, 4) is 0 Å². The Labute approximate surface area is 182 Å². The summed E-state index contributed by atoms with van der Waals surface area (Å²) in [6.07, 6.45) is 5.97. The molecule has 4 rings (SSSR count). The van der Waals surface area contributed by atoms with Gasteiger partial charge in [0.05, 0.1) is 12.1 Å². The molecular formula is C22H32N6O3. The molecule has 9 heteroatoms. The molecule has 3 atom stereocenters. The molecule has 1 amide bonds. The second-order valence-corrected chi connectivity index (χ2v) is 8.74. The molecule has 0 bridgehead atoms. The maximum atomic E-state index is 12.5. The Balaban J connectivity index is 1.50. The van der Waals surface area contributed by atoms with E-state index in [1.54, 1.807) is 22.9 Å². The molecule has 1 saturated carbocycles. The molecule has 0 radical (unpaired) electrons. The van der Waals surface area contributed by atoms with Gasteiger partial charge in [-0.2, -0.15) is 10.2 Å². The zero-order chi connectivity index (χ0) is 22.0. The lowest BCUT2D eigenvalue weighted by molar-refractivity contribution is 0.0669. The van der Waals surface area contributed by atoms with E-state index in [0.717, 1.165) is 56.6 Å². The summed E-state index contributed by atoms with van der Waals surface area (Å²) < 4.78 is 3.16. The highest BCUT2D eigenvalue weighted by molar-refractivity contribution is 5.92. The van der Waals surface area contributed by atoms with Gasteiger partial charge in [-0.3, -0.25) is 14.3 Å². The highest BCUT2D eigenvalue weighted by Gasteiger charge is 2.29. The van der Waals surface area contributed by atoms with E-state index in [2.05, 4.69) is 20.4 Å². The quantitative estimate of drug-likeness (QED) is 0.749. The maximum absolute atomic E-state index is 12.5. The van der Waals surface area contributed by atoms with Crippen LogP contribution in [0.15, 0.2) is 23.0 Å². The molecule has 3 unspecified atom stereocenters. The SMILES string of the molecule is Cc1cc(C(=O)NCC2CCCCN2c2ccc(=O)n(C3CCCCC3O)n2)nn1C. The number of nitrogens with zero attached hydrogens (tertiary/aromatic N) is 5. The van der Waals surface area contributed by atoms with E-state index >= 15 is 0 Å². The number of aromatic nitrogens is 4. The minimum absolute atomic E-state index is 0.0947. The number of piperidine rings is 1. The van der Waals surface area contributed by atoms with Crippen molar-refractivity contribution in [2.24, 2.45) is 7.05 Å². The van der Waals surface area contributed by atoms with Crippen LogP contribution < -0.4 is 15.8 Å². The zero-order valence-electron chi connectivity index (χ0n) is 18.3. The second-order valence-electron chi connectivity index (χ2n) is 8.74. The highest BCUT2D eigenvalue weighted by atomic mass is 16.3. The van der Waals surface area contributed by atoms with Gasteiger partial charge >= 0.3 is 0 Å². The van der Waals surface area contributed by atoms with Crippen molar-refractivity contribution >= 4 is 11.7 Å². The van der Waals surface area contributed by atoms with Crippen LogP contribution >= 0.6 is 0 Å². The highest BCUT2D eigenvalue weighted by Crippen LogP contribution is 2.28. The van der Waals surface area contributed by atoms with Crippen molar-refractivity contribution < 1.29 is 9.90 Å². The number of carbonyl (C=O) groups is 1. The monoisotopic (exact) mass is 428 g/mol. The summed E-state index contributed by atoms with van der Waals surface area (Å²) in [5, 5.41) is 22.3. The van der Waals surface area contributed by atoms with Gasteiger partial charge in [-0.1, -0.05) is 12.8 Å². The van der Waals surface area contributed by atoms with Crippen LogP contribution in [-0.2, 0) is 7.05 Å². The predicted molar refractivity (Wildman–Crippen MR) is 117 cm³/mol. The van der Waals surface area contributed by atoms with Gasteiger partial charge in [0.15, 0.2) is 0 Å². The molecule has 0 spiro atoms. The average Bonchev–Trinajstić information content (AvgIpc) is 3.12. The van der Waals surface area contributed by atoms with Crippen molar-refractivity contribution in [2.45, 2.75) is 70.1 Å². The molecular weight excluding hydrogens is 396 g/mol. The van der Waals surface area contributed by atoms with Gasteiger partial charge in [-0.15, -0.1) is 0 Å². The molecule has 9 nitrogen and oxygen atoms in total. The number of aliphatic hydroxyl groups excluding tert-OH is 1. The van der Waals surface area contributed by atoms with Gasteiger partial charge < -0.3 is 15.3 Å². The van der Waals surface area contributed by atoms with E-state index in [9.17, 15) is 14.7 Å². The van der Waals surface area contributed by atoms with E-state index < -0.39 is 6.10 Å². The van der Waals surface area contributed by atoms with Crippen molar-refractivity contribution in [1.82, 2.24) is 24.9 Å².